The highest BCUT2D eigenvalue weighted by Gasteiger charge is 2.52. The van der Waals surface area contributed by atoms with Crippen LogP contribution in [0.2, 0.25) is 0 Å². The van der Waals surface area contributed by atoms with Gasteiger partial charge in [-0.25, -0.2) is 4.79 Å². The number of nitrogens with one attached hydrogen (secondary N) is 2. The van der Waals surface area contributed by atoms with Gasteiger partial charge < -0.3 is 15.0 Å². The third-order valence-electron chi connectivity index (χ3n) is 5.95. The van der Waals surface area contributed by atoms with E-state index < -0.39 is 29.3 Å². The van der Waals surface area contributed by atoms with E-state index in [9.17, 15) is 19.2 Å². The number of imide groups is 1. The molecule has 5 amide bonds. The summed E-state index contributed by atoms with van der Waals surface area (Å²) in [5, 5.41) is 3.54. The molecule has 1 saturated carbocycles. The molecule has 4 rings (SSSR count). The highest BCUT2D eigenvalue weighted by Crippen LogP contribution is 2.33. The van der Waals surface area contributed by atoms with Crippen LogP contribution in [0, 0.1) is 5.92 Å². The summed E-state index contributed by atoms with van der Waals surface area (Å²) in [6.07, 6.45) is 3.92. The van der Waals surface area contributed by atoms with Crippen LogP contribution in [0.1, 0.15) is 38.5 Å². The predicted octanol–water partition coefficient (Wildman–Crippen LogP) is 1.33. The lowest BCUT2D eigenvalue weighted by Crippen LogP contribution is -2.52. The number of hydrogen-bond donors (Lipinski definition) is 2. The number of methoxy groups -OCH3 is 1. The van der Waals surface area contributed by atoms with E-state index in [2.05, 4.69) is 10.7 Å². The molecular weight excluding hydrogens is 376 g/mol. The summed E-state index contributed by atoms with van der Waals surface area (Å²) in [5.41, 5.74) is 2.17. The van der Waals surface area contributed by atoms with E-state index in [0.717, 1.165) is 24.3 Å². The van der Waals surface area contributed by atoms with Crippen LogP contribution in [0.15, 0.2) is 24.3 Å². The number of carbonyl (C=O) groups is 4. The van der Waals surface area contributed by atoms with E-state index >= 15 is 0 Å². The molecular formula is C20H24N4O5. The molecule has 2 N–H and O–H groups in total. The summed E-state index contributed by atoms with van der Waals surface area (Å²) in [7, 11) is 1.54. The number of rotatable bonds is 4. The van der Waals surface area contributed by atoms with Gasteiger partial charge in [-0.2, -0.15) is 5.01 Å². The van der Waals surface area contributed by atoms with Crippen LogP contribution < -0.4 is 20.4 Å². The predicted molar refractivity (Wildman–Crippen MR) is 103 cm³/mol. The topological polar surface area (TPSA) is 108 Å². The van der Waals surface area contributed by atoms with Crippen LogP contribution in [0.4, 0.5) is 10.5 Å². The second-order valence-electron chi connectivity index (χ2n) is 7.80. The lowest BCUT2D eigenvalue weighted by molar-refractivity contribution is -0.141. The van der Waals surface area contributed by atoms with Gasteiger partial charge in [0.25, 0.3) is 5.91 Å². The van der Waals surface area contributed by atoms with Crippen LogP contribution in [0.3, 0.4) is 0 Å². The van der Waals surface area contributed by atoms with E-state index in [1.807, 2.05) is 0 Å². The standard InChI is InChI=1S/C20H24N4O5/c1-29-15-7-5-6-14(11-15)23-12-13(10-16(23)25)17(26)22-24-18(27)20(21-19(24)28)8-3-2-4-9-20/h5-7,11,13H,2-4,8-10,12H2,1H3,(H,21,28)(H,22,26). The fourth-order valence-electron chi connectivity index (χ4n) is 4.33. The van der Waals surface area contributed by atoms with Gasteiger partial charge in [-0.05, 0) is 25.0 Å². The number of amides is 5. The number of ether oxygens (including phenoxy) is 1. The highest BCUT2D eigenvalue weighted by molar-refractivity contribution is 6.08. The van der Waals surface area contributed by atoms with Gasteiger partial charge in [-0.1, -0.05) is 25.3 Å². The molecule has 3 aliphatic rings. The molecule has 1 aromatic carbocycles. The molecule has 1 aliphatic carbocycles. The molecule has 2 heterocycles. The van der Waals surface area contributed by atoms with E-state index in [1.54, 1.807) is 31.4 Å². The van der Waals surface area contributed by atoms with Crippen LogP contribution >= 0.6 is 0 Å². The summed E-state index contributed by atoms with van der Waals surface area (Å²) >= 11 is 0. The van der Waals surface area contributed by atoms with Crippen molar-refractivity contribution in [1.29, 1.82) is 0 Å². The minimum atomic E-state index is -0.902. The molecule has 1 unspecified atom stereocenters. The van der Waals surface area contributed by atoms with Crippen molar-refractivity contribution in [2.45, 2.75) is 44.1 Å². The van der Waals surface area contributed by atoms with Gasteiger partial charge in [0.05, 0.1) is 13.0 Å². The van der Waals surface area contributed by atoms with Crippen LogP contribution in [0.25, 0.3) is 0 Å². The second kappa shape index (κ2) is 7.38. The summed E-state index contributed by atoms with van der Waals surface area (Å²) in [4.78, 5) is 51.8. The zero-order valence-corrected chi connectivity index (χ0v) is 16.3. The highest BCUT2D eigenvalue weighted by atomic mass is 16.5. The van der Waals surface area contributed by atoms with Crippen molar-refractivity contribution in [2.75, 3.05) is 18.6 Å². The smallest absolute Gasteiger partial charge is 0.344 e. The van der Waals surface area contributed by atoms with Crippen molar-refractivity contribution in [3.05, 3.63) is 24.3 Å². The van der Waals surface area contributed by atoms with Crippen molar-refractivity contribution in [3.8, 4) is 5.75 Å². The second-order valence-corrected chi connectivity index (χ2v) is 7.80. The third kappa shape index (κ3) is 3.41. The van der Waals surface area contributed by atoms with E-state index in [0.29, 0.717) is 24.3 Å². The Morgan fingerprint density at radius 1 is 1.21 bits per heavy atom. The minimum Gasteiger partial charge on any atom is -0.497 e. The van der Waals surface area contributed by atoms with Crippen molar-refractivity contribution in [2.24, 2.45) is 5.92 Å². The van der Waals surface area contributed by atoms with Gasteiger partial charge >= 0.3 is 6.03 Å². The lowest BCUT2D eigenvalue weighted by atomic mass is 9.82. The van der Waals surface area contributed by atoms with Crippen molar-refractivity contribution >= 4 is 29.4 Å². The fraction of sp³-hybridized carbons (Fsp3) is 0.500. The van der Waals surface area contributed by atoms with E-state index in [-0.39, 0.29) is 18.9 Å². The van der Waals surface area contributed by atoms with Crippen molar-refractivity contribution < 1.29 is 23.9 Å². The number of urea groups is 1. The fourth-order valence-corrected chi connectivity index (χ4v) is 4.33. The average molecular weight is 400 g/mol. The van der Waals surface area contributed by atoms with Gasteiger partial charge in [0, 0.05) is 24.7 Å². The molecule has 9 nitrogen and oxygen atoms in total. The van der Waals surface area contributed by atoms with Crippen molar-refractivity contribution in [1.82, 2.24) is 15.8 Å². The van der Waals surface area contributed by atoms with Gasteiger partial charge in [0.2, 0.25) is 11.8 Å². The molecule has 0 aromatic heterocycles. The summed E-state index contributed by atoms with van der Waals surface area (Å²) in [6.45, 7) is 0.173. The molecule has 1 atom stereocenters. The number of anilines is 1. The Morgan fingerprint density at radius 2 is 1.97 bits per heavy atom. The molecule has 154 valence electrons. The lowest BCUT2D eigenvalue weighted by Gasteiger charge is -2.30. The Kier molecular flexibility index (Phi) is 4.89. The van der Waals surface area contributed by atoms with E-state index in [4.69, 9.17) is 4.74 Å². The molecule has 3 fully saturated rings. The zero-order chi connectivity index (χ0) is 20.6. The monoisotopic (exact) mass is 400 g/mol. The SMILES string of the molecule is COc1cccc(N2CC(C(=O)NN3C(=O)NC4(CCCCC4)C3=O)CC2=O)c1. The molecule has 1 spiro atoms. The van der Waals surface area contributed by atoms with Crippen molar-refractivity contribution in [3.63, 3.8) is 0 Å². The number of benzene rings is 1. The normalized spacial score (nSPS) is 23.5. The van der Waals surface area contributed by atoms with Gasteiger partial charge in [-0.15, -0.1) is 0 Å². The van der Waals surface area contributed by atoms with Gasteiger partial charge in [0.1, 0.15) is 11.3 Å². The zero-order valence-electron chi connectivity index (χ0n) is 16.3. The van der Waals surface area contributed by atoms with Gasteiger partial charge in [0.15, 0.2) is 0 Å². The van der Waals surface area contributed by atoms with Crippen LogP contribution in [0.5, 0.6) is 5.75 Å². The molecule has 2 aliphatic heterocycles. The quantitative estimate of drug-likeness (QED) is 0.742. The maximum Gasteiger partial charge on any atom is 0.344 e. The number of nitrogens with zero attached hydrogens (tertiary/aromatic N) is 2. The number of hydrogen-bond acceptors (Lipinski definition) is 5. The van der Waals surface area contributed by atoms with Crippen LogP contribution in [-0.2, 0) is 14.4 Å². The maximum absolute atomic E-state index is 12.8. The summed E-state index contributed by atoms with van der Waals surface area (Å²) < 4.78 is 5.19. The Labute approximate surface area is 168 Å². The maximum atomic E-state index is 12.8. The molecule has 0 bridgehead atoms. The Balaban J connectivity index is 1.43. The van der Waals surface area contributed by atoms with Crippen LogP contribution in [-0.4, -0.2) is 48.0 Å². The summed E-state index contributed by atoms with van der Waals surface area (Å²) in [5.74, 6) is -1.17. The average Bonchev–Trinajstić information content (AvgIpc) is 3.22. The molecule has 2 saturated heterocycles. The summed E-state index contributed by atoms with van der Waals surface area (Å²) in [6, 6.07) is 6.42. The molecule has 0 radical (unpaired) electrons. The molecule has 1 aromatic rings. The Hall–Kier alpha value is -3.10. The Morgan fingerprint density at radius 3 is 2.69 bits per heavy atom. The Bertz CT molecular complexity index is 864. The van der Waals surface area contributed by atoms with E-state index in [1.165, 1.54) is 4.90 Å². The third-order valence-corrected chi connectivity index (χ3v) is 5.95. The first-order valence-corrected chi connectivity index (χ1v) is 9.85. The first-order chi connectivity index (χ1) is 13.9. The largest absolute Gasteiger partial charge is 0.497 e. The number of carbonyl (C=O) groups excluding carboxylic acids is 4. The first-order valence-electron chi connectivity index (χ1n) is 9.85. The first kappa shape index (κ1) is 19.2. The van der Waals surface area contributed by atoms with Gasteiger partial charge in [-0.3, -0.25) is 19.8 Å². The number of hydrazine groups is 1. The minimum absolute atomic E-state index is 0.0117. The molecule has 9 heteroatoms. The molecule has 29 heavy (non-hydrogen) atoms.